The molecule has 10 heteroatoms. The molecule has 1 amide bonds. The van der Waals surface area contributed by atoms with Gasteiger partial charge in [0.25, 0.3) is 5.91 Å². The lowest BCUT2D eigenvalue weighted by Crippen LogP contribution is -2.27. The maximum atomic E-state index is 13.1. The minimum atomic E-state index is -4.43. The quantitative estimate of drug-likeness (QED) is 0.255. The van der Waals surface area contributed by atoms with E-state index in [1.165, 1.54) is 24.4 Å². The van der Waals surface area contributed by atoms with Crippen LogP contribution >= 0.6 is 0 Å². The van der Waals surface area contributed by atoms with E-state index in [-0.39, 0.29) is 11.8 Å². The number of hydrogen-bond donors (Lipinski definition) is 1. The van der Waals surface area contributed by atoms with Gasteiger partial charge in [0.2, 0.25) is 5.95 Å². The Kier molecular flexibility index (Phi) is 5.74. The van der Waals surface area contributed by atoms with Crippen LogP contribution in [0.1, 0.15) is 34.3 Å². The van der Waals surface area contributed by atoms with Crippen molar-refractivity contribution in [1.82, 2.24) is 24.6 Å². The van der Waals surface area contributed by atoms with Crippen LogP contribution in [-0.4, -0.2) is 31.8 Å². The van der Waals surface area contributed by atoms with E-state index in [1.807, 2.05) is 13.1 Å². The molecule has 36 heavy (non-hydrogen) atoms. The summed E-state index contributed by atoms with van der Waals surface area (Å²) in [7, 11) is 1.76. The minimum Gasteiger partial charge on any atom is -0.351 e. The van der Waals surface area contributed by atoms with E-state index in [2.05, 4.69) is 15.4 Å². The summed E-state index contributed by atoms with van der Waals surface area (Å²) >= 11 is 0. The Morgan fingerprint density at radius 3 is 2.47 bits per heavy atom. The van der Waals surface area contributed by atoms with Crippen molar-refractivity contribution in [3.63, 3.8) is 0 Å². The van der Waals surface area contributed by atoms with E-state index in [1.54, 1.807) is 40.6 Å². The molecule has 0 aliphatic heterocycles. The zero-order valence-electron chi connectivity index (χ0n) is 19.3. The summed E-state index contributed by atoms with van der Waals surface area (Å²) in [6.45, 7) is 2.24. The first-order valence-electron chi connectivity index (χ1n) is 11.2. The van der Waals surface area contributed by atoms with Crippen molar-refractivity contribution in [2.24, 2.45) is 7.05 Å². The van der Waals surface area contributed by atoms with Crippen LogP contribution in [0.4, 0.5) is 17.6 Å². The number of benzene rings is 2. The summed E-state index contributed by atoms with van der Waals surface area (Å²) in [5.74, 6) is -0.914. The van der Waals surface area contributed by atoms with Gasteiger partial charge in [0.1, 0.15) is 0 Å². The standard InChI is InChI=1S/C26H21F4N5O/c1-15(17-4-10-23(27)31-13-17)12-32-25(36)16-3-9-22-20(11-16)21-14-34(2)33-24(21)35(22)19-7-5-18(6-8-19)26(28,29)30/h3-11,13-15H,12H2,1-2H3,(H,32,36). The lowest BCUT2D eigenvalue weighted by molar-refractivity contribution is -0.137. The van der Waals surface area contributed by atoms with E-state index in [4.69, 9.17) is 0 Å². The Morgan fingerprint density at radius 2 is 1.81 bits per heavy atom. The van der Waals surface area contributed by atoms with Crippen LogP contribution in [0.15, 0.2) is 67.0 Å². The number of fused-ring (bicyclic) bond motifs is 3. The zero-order chi connectivity index (χ0) is 25.6. The van der Waals surface area contributed by atoms with Gasteiger partial charge in [0, 0.05) is 48.0 Å². The van der Waals surface area contributed by atoms with Gasteiger partial charge in [-0.1, -0.05) is 13.0 Å². The fourth-order valence-electron chi connectivity index (χ4n) is 4.24. The predicted molar refractivity (Wildman–Crippen MR) is 127 cm³/mol. The second kappa shape index (κ2) is 8.78. The number of hydrogen-bond acceptors (Lipinski definition) is 3. The maximum absolute atomic E-state index is 13.1. The van der Waals surface area contributed by atoms with Crippen molar-refractivity contribution in [3.05, 3.63) is 89.6 Å². The van der Waals surface area contributed by atoms with Gasteiger partial charge in [-0.3, -0.25) is 14.0 Å². The van der Waals surface area contributed by atoms with Gasteiger partial charge in [-0.15, -0.1) is 0 Å². The van der Waals surface area contributed by atoms with Crippen LogP contribution in [0.5, 0.6) is 0 Å². The molecule has 0 spiro atoms. The van der Waals surface area contributed by atoms with Crippen LogP contribution in [0.25, 0.3) is 27.6 Å². The van der Waals surface area contributed by atoms with Crippen molar-refractivity contribution in [2.75, 3.05) is 6.54 Å². The number of carbonyl (C=O) groups excluding carboxylic acids is 1. The molecule has 0 saturated heterocycles. The highest BCUT2D eigenvalue weighted by atomic mass is 19.4. The number of halogens is 4. The van der Waals surface area contributed by atoms with E-state index >= 15 is 0 Å². The molecular weight excluding hydrogens is 474 g/mol. The van der Waals surface area contributed by atoms with Gasteiger partial charge in [-0.25, -0.2) is 4.98 Å². The van der Waals surface area contributed by atoms with Crippen molar-refractivity contribution >= 4 is 27.8 Å². The third-order valence-corrected chi connectivity index (χ3v) is 6.15. The monoisotopic (exact) mass is 495 g/mol. The molecule has 6 nitrogen and oxygen atoms in total. The van der Waals surface area contributed by atoms with E-state index in [0.717, 1.165) is 34.0 Å². The first-order valence-corrected chi connectivity index (χ1v) is 11.2. The summed E-state index contributed by atoms with van der Waals surface area (Å²) in [5.41, 5.74) is 2.32. The fraction of sp³-hybridized carbons (Fsp3) is 0.192. The topological polar surface area (TPSA) is 64.7 Å². The number of nitrogens with one attached hydrogen (secondary N) is 1. The largest absolute Gasteiger partial charge is 0.416 e. The molecule has 1 N–H and O–H groups in total. The van der Waals surface area contributed by atoms with Crippen molar-refractivity contribution in [3.8, 4) is 5.69 Å². The second-order valence-electron chi connectivity index (χ2n) is 8.68. The first-order chi connectivity index (χ1) is 17.1. The predicted octanol–water partition coefficient (Wildman–Crippen LogP) is 5.60. The molecular formula is C26H21F4N5O. The maximum Gasteiger partial charge on any atom is 0.416 e. The van der Waals surface area contributed by atoms with Crippen LogP contribution in [0.3, 0.4) is 0 Å². The van der Waals surface area contributed by atoms with Gasteiger partial charge in [0.15, 0.2) is 5.65 Å². The second-order valence-corrected chi connectivity index (χ2v) is 8.68. The SMILES string of the molecule is CC(CNC(=O)c1ccc2c(c1)c1cn(C)nc1n2-c1ccc(C(F)(F)F)cc1)c1ccc(F)nc1. The molecule has 0 aliphatic rings. The lowest BCUT2D eigenvalue weighted by atomic mass is 10.0. The summed E-state index contributed by atoms with van der Waals surface area (Å²) in [6, 6.07) is 13.0. The third kappa shape index (κ3) is 4.30. The number of amides is 1. The van der Waals surface area contributed by atoms with Crippen LogP contribution < -0.4 is 5.32 Å². The molecule has 0 aliphatic carbocycles. The smallest absolute Gasteiger partial charge is 0.351 e. The Balaban J connectivity index is 1.46. The highest BCUT2D eigenvalue weighted by molar-refractivity contribution is 6.10. The highest BCUT2D eigenvalue weighted by Crippen LogP contribution is 2.34. The molecule has 2 aromatic carbocycles. The normalized spacial score (nSPS) is 12.8. The van der Waals surface area contributed by atoms with Crippen LogP contribution in [0, 0.1) is 5.95 Å². The number of aryl methyl sites for hydroxylation is 1. The molecule has 184 valence electrons. The van der Waals surface area contributed by atoms with Crippen molar-refractivity contribution in [2.45, 2.75) is 19.0 Å². The molecule has 1 atom stereocenters. The lowest BCUT2D eigenvalue weighted by Gasteiger charge is -2.13. The van der Waals surface area contributed by atoms with Gasteiger partial charge in [0.05, 0.1) is 11.1 Å². The summed E-state index contributed by atoms with van der Waals surface area (Å²) in [6.07, 6.45) is -1.17. The van der Waals surface area contributed by atoms with Crippen molar-refractivity contribution in [1.29, 1.82) is 0 Å². The highest BCUT2D eigenvalue weighted by Gasteiger charge is 2.30. The first kappa shape index (κ1) is 23.5. The van der Waals surface area contributed by atoms with E-state index < -0.39 is 17.7 Å². The Hall–Kier alpha value is -4.21. The number of rotatable bonds is 5. The Labute approximate surface area is 203 Å². The molecule has 3 heterocycles. The molecule has 0 bridgehead atoms. The molecule has 0 saturated carbocycles. The molecule has 5 aromatic rings. The number of nitrogens with zero attached hydrogens (tertiary/aromatic N) is 4. The number of pyridine rings is 1. The molecule has 3 aromatic heterocycles. The molecule has 5 rings (SSSR count). The fourth-order valence-corrected chi connectivity index (χ4v) is 4.24. The number of alkyl halides is 3. The zero-order valence-corrected chi connectivity index (χ0v) is 19.3. The van der Waals surface area contributed by atoms with Gasteiger partial charge < -0.3 is 5.32 Å². The van der Waals surface area contributed by atoms with Gasteiger partial charge in [-0.2, -0.15) is 22.7 Å². The average Bonchev–Trinajstić information content (AvgIpc) is 3.36. The van der Waals surface area contributed by atoms with Gasteiger partial charge >= 0.3 is 6.18 Å². The number of carbonyl (C=O) groups is 1. The summed E-state index contributed by atoms with van der Waals surface area (Å²) in [4.78, 5) is 16.6. The third-order valence-electron chi connectivity index (χ3n) is 6.15. The molecule has 1 unspecified atom stereocenters. The molecule has 0 radical (unpaired) electrons. The van der Waals surface area contributed by atoms with Crippen molar-refractivity contribution < 1.29 is 22.4 Å². The number of aromatic nitrogens is 4. The summed E-state index contributed by atoms with van der Waals surface area (Å²) in [5, 5.41) is 8.91. The van der Waals surface area contributed by atoms with E-state index in [0.29, 0.717) is 23.4 Å². The minimum absolute atomic E-state index is 0.0726. The average molecular weight is 495 g/mol. The Morgan fingerprint density at radius 1 is 1.06 bits per heavy atom. The van der Waals surface area contributed by atoms with Crippen LogP contribution in [-0.2, 0) is 13.2 Å². The van der Waals surface area contributed by atoms with Gasteiger partial charge in [-0.05, 0) is 60.0 Å². The molecule has 0 fully saturated rings. The Bertz CT molecular complexity index is 1570. The van der Waals surface area contributed by atoms with Crippen LogP contribution in [0.2, 0.25) is 0 Å². The summed E-state index contributed by atoms with van der Waals surface area (Å²) < 4.78 is 55.6. The van der Waals surface area contributed by atoms with E-state index in [9.17, 15) is 22.4 Å².